The molecule has 1 fully saturated rings. The molecular weight excluding hydrogens is 348 g/mol. The van der Waals surface area contributed by atoms with E-state index in [9.17, 15) is 4.79 Å². The van der Waals surface area contributed by atoms with Crippen LogP contribution in [0.1, 0.15) is 49.4 Å². The number of benzene rings is 2. The van der Waals surface area contributed by atoms with Gasteiger partial charge in [-0.05, 0) is 67.6 Å². The highest BCUT2D eigenvalue weighted by molar-refractivity contribution is 5.77. The molecule has 1 aliphatic rings. The third kappa shape index (κ3) is 5.59. The molecule has 1 unspecified atom stereocenters. The maximum Gasteiger partial charge on any atom is 0.258 e. The van der Waals surface area contributed by atoms with Gasteiger partial charge in [0.2, 0.25) is 0 Å². The number of nitrogens with one attached hydrogen (secondary N) is 1. The number of nitrogens with zero attached hydrogens (tertiary/aromatic N) is 1. The fourth-order valence-corrected chi connectivity index (χ4v) is 3.72. The molecular formula is C24H32N2O2. The minimum Gasteiger partial charge on any atom is -0.484 e. The SMILES string of the molecule is CCc1ccc(OCC(=O)NCC(c2ccc(CC)cc2)N2CCCC2)cc1. The summed E-state index contributed by atoms with van der Waals surface area (Å²) in [7, 11) is 0. The molecule has 0 saturated carbocycles. The lowest BCUT2D eigenvalue weighted by Crippen LogP contribution is -2.38. The first-order valence-electron chi connectivity index (χ1n) is 10.5. The molecule has 2 aromatic carbocycles. The van der Waals surface area contributed by atoms with Crippen molar-refractivity contribution in [1.82, 2.24) is 10.2 Å². The first-order valence-corrected chi connectivity index (χ1v) is 10.5. The topological polar surface area (TPSA) is 41.6 Å². The zero-order valence-corrected chi connectivity index (χ0v) is 17.1. The fraction of sp³-hybridized carbons (Fsp3) is 0.458. The third-order valence-electron chi connectivity index (χ3n) is 5.55. The van der Waals surface area contributed by atoms with Gasteiger partial charge in [0.15, 0.2) is 6.61 Å². The van der Waals surface area contributed by atoms with Crippen LogP contribution in [-0.2, 0) is 17.6 Å². The van der Waals surface area contributed by atoms with Crippen molar-refractivity contribution in [2.75, 3.05) is 26.2 Å². The molecule has 28 heavy (non-hydrogen) atoms. The van der Waals surface area contributed by atoms with Crippen molar-refractivity contribution in [3.8, 4) is 5.75 Å². The van der Waals surface area contributed by atoms with Crippen LogP contribution < -0.4 is 10.1 Å². The van der Waals surface area contributed by atoms with Gasteiger partial charge in [-0.25, -0.2) is 0 Å². The summed E-state index contributed by atoms with van der Waals surface area (Å²) >= 11 is 0. The van der Waals surface area contributed by atoms with Crippen molar-refractivity contribution >= 4 is 5.91 Å². The summed E-state index contributed by atoms with van der Waals surface area (Å²) in [6.07, 6.45) is 4.50. The second-order valence-electron chi connectivity index (χ2n) is 7.44. The Balaban J connectivity index is 1.55. The van der Waals surface area contributed by atoms with Gasteiger partial charge in [-0.2, -0.15) is 0 Å². The Morgan fingerprint density at radius 1 is 0.964 bits per heavy atom. The van der Waals surface area contributed by atoms with Gasteiger partial charge in [0, 0.05) is 6.54 Å². The first-order chi connectivity index (χ1) is 13.7. The first kappa shape index (κ1) is 20.4. The lowest BCUT2D eigenvalue weighted by Gasteiger charge is -2.28. The van der Waals surface area contributed by atoms with E-state index in [-0.39, 0.29) is 18.6 Å². The van der Waals surface area contributed by atoms with Gasteiger partial charge in [-0.3, -0.25) is 9.69 Å². The number of carbonyl (C=O) groups excluding carboxylic acids is 1. The van der Waals surface area contributed by atoms with Crippen molar-refractivity contribution in [1.29, 1.82) is 0 Å². The van der Waals surface area contributed by atoms with E-state index < -0.39 is 0 Å². The summed E-state index contributed by atoms with van der Waals surface area (Å²) in [5, 5.41) is 3.07. The maximum absolute atomic E-state index is 12.3. The molecule has 1 amide bonds. The second kappa shape index (κ2) is 10.3. The van der Waals surface area contributed by atoms with Crippen LogP contribution >= 0.6 is 0 Å². The number of rotatable bonds is 9. The summed E-state index contributed by atoms with van der Waals surface area (Å²) < 4.78 is 5.64. The number of likely N-dealkylation sites (tertiary alicyclic amines) is 1. The summed E-state index contributed by atoms with van der Waals surface area (Å²) in [6, 6.07) is 17.0. The molecule has 2 aromatic rings. The molecule has 1 saturated heterocycles. The average molecular weight is 381 g/mol. The summed E-state index contributed by atoms with van der Waals surface area (Å²) in [5.74, 6) is 0.660. The molecule has 4 nitrogen and oxygen atoms in total. The molecule has 1 heterocycles. The predicted octanol–water partition coefficient (Wildman–Crippen LogP) is 4.14. The van der Waals surface area contributed by atoms with Gasteiger partial charge < -0.3 is 10.1 Å². The molecule has 1 N–H and O–H groups in total. The molecule has 1 aliphatic heterocycles. The van der Waals surface area contributed by atoms with Gasteiger partial charge >= 0.3 is 0 Å². The largest absolute Gasteiger partial charge is 0.484 e. The molecule has 3 rings (SSSR count). The van der Waals surface area contributed by atoms with Crippen molar-refractivity contribution in [3.63, 3.8) is 0 Å². The minimum absolute atomic E-state index is 0.0486. The van der Waals surface area contributed by atoms with Crippen molar-refractivity contribution < 1.29 is 9.53 Å². The molecule has 0 radical (unpaired) electrons. The van der Waals surface area contributed by atoms with Gasteiger partial charge in [0.1, 0.15) is 5.75 Å². The Morgan fingerprint density at radius 3 is 2.11 bits per heavy atom. The van der Waals surface area contributed by atoms with Gasteiger partial charge in [-0.15, -0.1) is 0 Å². The van der Waals surface area contributed by atoms with Crippen molar-refractivity contribution in [2.45, 2.75) is 45.6 Å². The lowest BCUT2D eigenvalue weighted by atomic mass is 10.0. The van der Waals surface area contributed by atoms with Crippen LogP contribution in [0.3, 0.4) is 0 Å². The Kier molecular flexibility index (Phi) is 7.49. The number of amides is 1. The molecule has 1 atom stereocenters. The van der Waals surface area contributed by atoms with E-state index in [1.807, 2.05) is 24.3 Å². The second-order valence-corrected chi connectivity index (χ2v) is 7.44. The Morgan fingerprint density at radius 2 is 1.54 bits per heavy atom. The van der Waals surface area contributed by atoms with Crippen LogP contribution in [0.15, 0.2) is 48.5 Å². The molecule has 0 bridgehead atoms. The molecule has 4 heteroatoms. The quantitative estimate of drug-likeness (QED) is 0.711. The maximum atomic E-state index is 12.3. The van der Waals surface area contributed by atoms with E-state index in [1.54, 1.807) is 0 Å². The number of carbonyl (C=O) groups is 1. The van der Waals surface area contributed by atoms with E-state index in [0.717, 1.165) is 31.7 Å². The van der Waals surface area contributed by atoms with E-state index in [1.165, 1.54) is 29.5 Å². The van der Waals surface area contributed by atoms with E-state index in [2.05, 4.69) is 48.3 Å². The highest BCUT2D eigenvalue weighted by Gasteiger charge is 2.24. The highest BCUT2D eigenvalue weighted by Crippen LogP contribution is 2.25. The average Bonchev–Trinajstić information content (AvgIpc) is 3.28. The van der Waals surface area contributed by atoms with Crippen LogP contribution in [0.25, 0.3) is 0 Å². The zero-order chi connectivity index (χ0) is 19.8. The van der Waals surface area contributed by atoms with Gasteiger partial charge in [0.05, 0.1) is 6.04 Å². The molecule has 0 aromatic heterocycles. The zero-order valence-electron chi connectivity index (χ0n) is 17.1. The summed E-state index contributed by atoms with van der Waals surface area (Å²) in [5.41, 5.74) is 3.88. The number of aryl methyl sites for hydroxylation is 2. The Bertz CT molecular complexity index is 734. The number of hydrogen-bond donors (Lipinski definition) is 1. The van der Waals surface area contributed by atoms with E-state index in [0.29, 0.717) is 6.54 Å². The molecule has 150 valence electrons. The van der Waals surface area contributed by atoms with Crippen LogP contribution in [0.2, 0.25) is 0 Å². The third-order valence-corrected chi connectivity index (χ3v) is 5.55. The Labute approximate surface area is 168 Å². The highest BCUT2D eigenvalue weighted by atomic mass is 16.5. The van der Waals surface area contributed by atoms with Gasteiger partial charge in [-0.1, -0.05) is 50.2 Å². The van der Waals surface area contributed by atoms with Crippen LogP contribution in [-0.4, -0.2) is 37.0 Å². The van der Waals surface area contributed by atoms with E-state index >= 15 is 0 Å². The van der Waals surface area contributed by atoms with Crippen molar-refractivity contribution in [3.05, 3.63) is 65.2 Å². The predicted molar refractivity (Wildman–Crippen MR) is 114 cm³/mol. The summed E-state index contributed by atoms with van der Waals surface area (Å²) in [4.78, 5) is 14.8. The minimum atomic E-state index is -0.0751. The fourth-order valence-electron chi connectivity index (χ4n) is 3.72. The Hall–Kier alpha value is -2.33. The van der Waals surface area contributed by atoms with Gasteiger partial charge in [0.25, 0.3) is 5.91 Å². The van der Waals surface area contributed by atoms with Crippen LogP contribution in [0, 0.1) is 0 Å². The molecule has 0 aliphatic carbocycles. The number of hydrogen-bond acceptors (Lipinski definition) is 3. The standard InChI is InChI=1S/C24H32N2O2/c1-3-19-7-11-21(12-8-19)23(26-15-5-6-16-26)17-25-24(27)18-28-22-13-9-20(4-2)10-14-22/h7-14,23H,3-6,15-18H2,1-2H3,(H,25,27). The van der Waals surface area contributed by atoms with E-state index in [4.69, 9.17) is 4.74 Å². The smallest absolute Gasteiger partial charge is 0.258 e. The number of ether oxygens (including phenoxy) is 1. The van der Waals surface area contributed by atoms with Crippen LogP contribution in [0.4, 0.5) is 0 Å². The molecule has 0 spiro atoms. The lowest BCUT2D eigenvalue weighted by molar-refractivity contribution is -0.123. The van der Waals surface area contributed by atoms with Crippen molar-refractivity contribution in [2.24, 2.45) is 0 Å². The normalized spacial score (nSPS) is 15.4. The summed E-state index contributed by atoms with van der Waals surface area (Å²) in [6.45, 7) is 7.14. The monoisotopic (exact) mass is 380 g/mol. The van der Waals surface area contributed by atoms with Crippen LogP contribution in [0.5, 0.6) is 5.75 Å².